The summed E-state index contributed by atoms with van der Waals surface area (Å²) in [5.41, 5.74) is 9.36. The molecule has 2 aromatic carbocycles. The summed E-state index contributed by atoms with van der Waals surface area (Å²) in [5.74, 6) is 1.67. The second-order valence-electron chi connectivity index (χ2n) is 4.86. The monoisotopic (exact) mass is 345 g/mol. The lowest BCUT2D eigenvalue weighted by Gasteiger charge is -2.07. The highest BCUT2D eigenvalue weighted by atomic mass is 79.9. The zero-order valence-electron chi connectivity index (χ0n) is 11.7. The lowest BCUT2D eigenvalue weighted by molar-refractivity contribution is 0.315. The average Bonchev–Trinajstić information content (AvgIpc) is 2.89. The Hall–Kier alpha value is -2.01. The van der Waals surface area contributed by atoms with E-state index in [1.165, 1.54) is 0 Å². The van der Waals surface area contributed by atoms with Gasteiger partial charge in [-0.2, -0.15) is 0 Å². The first kappa shape index (κ1) is 13.9. The molecule has 0 atom stereocenters. The van der Waals surface area contributed by atoms with Crippen LogP contribution in [-0.2, 0) is 0 Å². The number of nitrogens with two attached hydrogens (primary N) is 1. The molecule has 108 valence electrons. The van der Waals surface area contributed by atoms with Crippen LogP contribution in [0.25, 0.3) is 22.4 Å². The van der Waals surface area contributed by atoms with Gasteiger partial charge in [0.05, 0.1) is 22.1 Å². The van der Waals surface area contributed by atoms with Gasteiger partial charge in [-0.05, 0) is 58.7 Å². The first-order chi connectivity index (χ1) is 10.2. The Balaban J connectivity index is 1.96. The van der Waals surface area contributed by atoms with E-state index in [1.54, 1.807) is 0 Å². The van der Waals surface area contributed by atoms with Gasteiger partial charge < -0.3 is 15.5 Å². The zero-order chi connectivity index (χ0) is 14.8. The van der Waals surface area contributed by atoms with E-state index >= 15 is 0 Å². The van der Waals surface area contributed by atoms with Crippen LogP contribution in [0.4, 0.5) is 5.69 Å². The molecule has 0 unspecified atom stereocenters. The van der Waals surface area contributed by atoms with Crippen LogP contribution in [0.2, 0.25) is 0 Å². The van der Waals surface area contributed by atoms with Crippen LogP contribution >= 0.6 is 15.9 Å². The standard InChI is InChI=1S/C16H16BrN3O/c1-2-7-21-15-6-3-10(8-12(15)17)16-19-13-5-4-11(18)9-14(13)20-16/h3-6,8-9H,2,7,18H2,1H3,(H,19,20). The van der Waals surface area contributed by atoms with Crippen LogP contribution in [0.3, 0.4) is 0 Å². The minimum absolute atomic E-state index is 0.710. The van der Waals surface area contributed by atoms with Crippen LogP contribution in [0.5, 0.6) is 5.75 Å². The summed E-state index contributed by atoms with van der Waals surface area (Å²) in [6, 6.07) is 11.6. The van der Waals surface area contributed by atoms with Crippen molar-refractivity contribution < 1.29 is 4.74 Å². The molecular formula is C16H16BrN3O. The van der Waals surface area contributed by atoms with Crippen LogP contribution in [-0.4, -0.2) is 16.6 Å². The fraction of sp³-hybridized carbons (Fsp3) is 0.188. The molecule has 0 amide bonds. The van der Waals surface area contributed by atoms with E-state index in [0.717, 1.165) is 44.8 Å². The summed E-state index contributed by atoms with van der Waals surface area (Å²) in [7, 11) is 0. The minimum Gasteiger partial charge on any atom is -0.492 e. The van der Waals surface area contributed by atoms with E-state index in [9.17, 15) is 0 Å². The maximum Gasteiger partial charge on any atom is 0.138 e. The largest absolute Gasteiger partial charge is 0.492 e. The average molecular weight is 346 g/mol. The molecule has 5 heteroatoms. The number of fused-ring (bicyclic) bond motifs is 1. The lowest BCUT2D eigenvalue weighted by atomic mass is 10.2. The first-order valence-corrected chi connectivity index (χ1v) is 7.64. The zero-order valence-corrected chi connectivity index (χ0v) is 13.3. The molecule has 3 N–H and O–H groups in total. The highest BCUT2D eigenvalue weighted by molar-refractivity contribution is 9.10. The van der Waals surface area contributed by atoms with Gasteiger partial charge in [-0.3, -0.25) is 0 Å². The van der Waals surface area contributed by atoms with Gasteiger partial charge in [0.25, 0.3) is 0 Å². The van der Waals surface area contributed by atoms with E-state index in [2.05, 4.69) is 32.8 Å². The van der Waals surface area contributed by atoms with Gasteiger partial charge in [0.2, 0.25) is 0 Å². The van der Waals surface area contributed by atoms with Gasteiger partial charge in [-0.15, -0.1) is 0 Å². The van der Waals surface area contributed by atoms with Crippen molar-refractivity contribution in [2.45, 2.75) is 13.3 Å². The number of hydrogen-bond acceptors (Lipinski definition) is 3. The van der Waals surface area contributed by atoms with Crippen molar-refractivity contribution in [1.82, 2.24) is 9.97 Å². The Morgan fingerprint density at radius 1 is 1.24 bits per heavy atom. The van der Waals surface area contributed by atoms with Crippen molar-refractivity contribution in [3.05, 3.63) is 40.9 Å². The molecule has 1 aromatic heterocycles. The van der Waals surface area contributed by atoms with Gasteiger partial charge in [-0.25, -0.2) is 4.98 Å². The third kappa shape index (κ3) is 2.88. The number of nitrogens with zero attached hydrogens (tertiary/aromatic N) is 1. The number of ether oxygens (including phenoxy) is 1. The van der Waals surface area contributed by atoms with E-state index in [0.29, 0.717) is 6.61 Å². The maximum absolute atomic E-state index is 5.79. The van der Waals surface area contributed by atoms with Crippen LogP contribution < -0.4 is 10.5 Å². The van der Waals surface area contributed by atoms with Crippen molar-refractivity contribution in [1.29, 1.82) is 0 Å². The fourth-order valence-corrected chi connectivity index (χ4v) is 2.63. The number of benzene rings is 2. The molecule has 21 heavy (non-hydrogen) atoms. The SMILES string of the molecule is CCCOc1ccc(-c2nc3ccc(N)cc3[nH]2)cc1Br. The quantitative estimate of drug-likeness (QED) is 0.690. The number of halogens is 1. The molecule has 0 radical (unpaired) electrons. The second-order valence-corrected chi connectivity index (χ2v) is 5.71. The highest BCUT2D eigenvalue weighted by Gasteiger charge is 2.08. The molecule has 0 aliphatic rings. The number of aromatic nitrogens is 2. The smallest absolute Gasteiger partial charge is 0.138 e. The Kier molecular flexibility index (Phi) is 3.84. The maximum atomic E-state index is 5.79. The fourth-order valence-electron chi connectivity index (χ4n) is 2.14. The van der Waals surface area contributed by atoms with Gasteiger partial charge in [0, 0.05) is 11.3 Å². The van der Waals surface area contributed by atoms with Crippen molar-refractivity contribution in [2.75, 3.05) is 12.3 Å². The van der Waals surface area contributed by atoms with E-state index in [-0.39, 0.29) is 0 Å². The number of hydrogen-bond donors (Lipinski definition) is 2. The summed E-state index contributed by atoms with van der Waals surface area (Å²) in [4.78, 5) is 7.87. The van der Waals surface area contributed by atoms with Crippen molar-refractivity contribution in [3.63, 3.8) is 0 Å². The van der Waals surface area contributed by atoms with Gasteiger partial charge in [0.1, 0.15) is 11.6 Å². The molecule has 4 nitrogen and oxygen atoms in total. The number of rotatable bonds is 4. The summed E-state index contributed by atoms with van der Waals surface area (Å²) < 4.78 is 6.58. The Bertz CT molecular complexity index is 782. The van der Waals surface area contributed by atoms with Crippen LogP contribution in [0.15, 0.2) is 40.9 Å². The first-order valence-electron chi connectivity index (χ1n) is 6.85. The van der Waals surface area contributed by atoms with Crippen molar-refractivity contribution >= 4 is 32.7 Å². The third-order valence-electron chi connectivity index (χ3n) is 3.17. The third-order valence-corrected chi connectivity index (χ3v) is 3.79. The summed E-state index contributed by atoms with van der Waals surface area (Å²) in [6.07, 6.45) is 0.985. The number of anilines is 1. The Morgan fingerprint density at radius 2 is 2.10 bits per heavy atom. The topological polar surface area (TPSA) is 63.9 Å². The van der Waals surface area contributed by atoms with Crippen molar-refractivity contribution in [2.24, 2.45) is 0 Å². The molecule has 0 fully saturated rings. The molecule has 3 aromatic rings. The van der Waals surface area contributed by atoms with Crippen LogP contribution in [0.1, 0.15) is 13.3 Å². The van der Waals surface area contributed by atoms with Crippen LogP contribution in [0, 0.1) is 0 Å². The number of nitrogens with one attached hydrogen (secondary N) is 1. The summed E-state index contributed by atoms with van der Waals surface area (Å²) in [6.45, 7) is 2.80. The molecule has 0 aliphatic carbocycles. The molecule has 3 rings (SSSR count). The van der Waals surface area contributed by atoms with Gasteiger partial charge >= 0.3 is 0 Å². The van der Waals surface area contributed by atoms with E-state index in [1.807, 2.05) is 36.4 Å². The predicted octanol–water partition coefficient (Wildman–Crippen LogP) is 4.36. The summed E-state index contributed by atoms with van der Waals surface area (Å²) >= 11 is 3.54. The molecule has 0 saturated carbocycles. The molecule has 0 saturated heterocycles. The summed E-state index contributed by atoms with van der Waals surface area (Å²) in [5, 5.41) is 0. The predicted molar refractivity (Wildman–Crippen MR) is 89.4 cm³/mol. The molecule has 0 bridgehead atoms. The van der Waals surface area contributed by atoms with E-state index in [4.69, 9.17) is 10.5 Å². The van der Waals surface area contributed by atoms with E-state index < -0.39 is 0 Å². The minimum atomic E-state index is 0.710. The Labute approximate surface area is 131 Å². The molecule has 0 aliphatic heterocycles. The van der Waals surface area contributed by atoms with Gasteiger partial charge in [-0.1, -0.05) is 6.92 Å². The number of aromatic amines is 1. The molecular weight excluding hydrogens is 330 g/mol. The van der Waals surface area contributed by atoms with Crippen molar-refractivity contribution in [3.8, 4) is 17.1 Å². The Morgan fingerprint density at radius 3 is 2.86 bits per heavy atom. The number of nitrogen functional groups attached to an aromatic ring is 1. The van der Waals surface area contributed by atoms with Gasteiger partial charge in [0.15, 0.2) is 0 Å². The molecule has 0 spiro atoms. The number of H-pyrrole nitrogens is 1. The second kappa shape index (κ2) is 5.77. The lowest BCUT2D eigenvalue weighted by Crippen LogP contribution is -1.95. The highest BCUT2D eigenvalue weighted by Crippen LogP contribution is 2.30. The normalized spacial score (nSPS) is 11.0. The molecule has 1 heterocycles. The number of imidazole rings is 1.